The maximum Gasteiger partial charge on any atom is 0.417 e. The quantitative estimate of drug-likeness (QED) is 0.821. The number of nitrogens with zero attached hydrogens (tertiary/aromatic N) is 3. The van der Waals surface area contributed by atoms with E-state index in [-0.39, 0.29) is 12.5 Å². The van der Waals surface area contributed by atoms with Crippen molar-refractivity contribution in [1.29, 1.82) is 0 Å². The first-order valence-electron chi connectivity index (χ1n) is 8.89. The molecule has 0 N–H and O–H groups in total. The fourth-order valence-electron chi connectivity index (χ4n) is 3.64. The first-order chi connectivity index (χ1) is 12.6. The number of hydrogen-bond donors (Lipinski definition) is 0. The summed E-state index contributed by atoms with van der Waals surface area (Å²) in [4.78, 5) is 31.3. The number of piperidine rings is 1. The van der Waals surface area contributed by atoms with Crippen molar-refractivity contribution in [2.75, 3.05) is 31.1 Å². The average Bonchev–Trinajstić information content (AvgIpc) is 2.98. The van der Waals surface area contributed by atoms with Crippen molar-refractivity contribution in [3.63, 3.8) is 0 Å². The standard InChI is InChI=1S/C19H20ClN3O3/c20-15-2-1-3-16-14(15)4-5-17(21-16)22-9-6-13(7-10-22)8-11-23-18(24)12-26-19(23)25/h1-5,13H,6-12H2. The number of rotatable bonds is 4. The molecule has 136 valence electrons. The Hall–Kier alpha value is -2.34. The molecule has 2 aliphatic heterocycles. The van der Waals surface area contributed by atoms with Crippen molar-refractivity contribution < 1.29 is 14.3 Å². The number of anilines is 1. The van der Waals surface area contributed by atoms with Crippen LogP contribution in [0.5, 0.6) is 0 Å². The van der Waals surface area contributed by atoms with Crippen LogP contribution >= 0.6 is 11.6 Å². The molecule has 0 spiro atoms. The van der Waals surface area contributed by atoms with Crippen LogP contribution in [-0.4, -0.2) is 48.1 Å². The van der Waals surface area contributed by atoms with Crippen molar-refractivity contribution in [3.05, 3.63) is 35.4 Å². The molecule has 7 heteroatoms. The topological polar surface area (TPSA) is 62.7 Å². The van der Waals surface area contributed by atoms with E-state index in [1.165, 1.54) is 4.90 Å². The normalized spacial score (nSPS) is 18.7. The summed E-state index contributed by atoms with van der Waals surface area (Å²) in [5, 5.41) is 1.69. The highest BCUT2D eigenvalue weighted by atomic mass is 35.5. The van der Waals surface area contributed by atoms with E-state index in [0.717, 1.165) is 54.1 Å². The molecule has 26 heavy (non-hydrogen) atoms. The van der Waals surface area contributed by atoms with Crippen LogP contribution in [-0.2, 0) is 9.53 Å². The van der Waals surface area contributed by atoms with Gasteiger partial charge in [-0.2, -0.15) is 0 Å². The zero-order valence-electron chi connectivity index (χ0n) is 14.4. The zero-order valence-corrected chi connectivity index (χ0v) is 15.1. The SMILES string of the molecule is O=C1COC(=O)N1CCC1CCN(c2ccc3c(Cl)cccc3n2)CC1. The van der Waals surface area contributed by atoms with E-state index in [1.54, 1.807) is 0 Å². The molecule has 0 bridgehead atoms. The minimum Gasteiger partial charge on any atom is -0.439 e. The molecule has 2 saturated heterocycles. The Morgan fingerprint density at radius 1 is 1.15 bits per heavy atom. The Morgan fingerprint density at radius 2 is 1.96 bits per heavy atom. The number of carbonyl (C=O) groups is 2. The minimum absolute atomic E-state index is 0.116. The molecular weight excluding hydrogens is 354 g/mol. The van der Waals surface area contributed by atoms with E-state index in [4.69, 9.17) is 21.3 Å². The lowest BCUT2D eigenvalue weighted by atomic mass is 9.93. The molecule has 1 aromatic heterocycles. The predicted octanol–water partition coefficient (Wildman–Crippen LogP) is 3.47. The van der Waals surface area contributed by atoms with Crippen LogP contribution in [0.15, 0.2) is 30.3 Å². The van der Waals surface area contributed by atoms with Gasteiger partial charge in [0.25, 0.3) is 5.91 Å². The second kappa shape index (κ2) is 7.11. The zero-order chi connectivity index (χ0) is 18.1. The summed E-state index contributed by atoms with van der Waals surface area (Å²) in [5.74, 6) is 1.24. The molecule has 4 rings (SSSR count). The molecule has 0 radical (unpaired) electrons. The Balaban J connectivity index is 1.35. The highest BCUT2D eigenvalue weighted by molar-refractivity contribution is 6.35. The maximum atomic E-state index is 11.6. The maximum absolute atomic E-state index is 11.6. The lowest BCUT2D eigenvalue weighted by Crippen LogP contribution is -2.36. The summed E-state index contributed by atoms with van der Waals surface area (Å²) in [6.45, 7) is 2.17. The number of benzene rings is 1. The fourth-order valence-corrected chi connectivity index (χ4v) is 3.87. The van der Waals surface area contributed by atoms with Crippen LogP contribution in [0.4, 0.5) is 10.6 Å². The molecule has 2 amide bonds. The van der Waals surface area contributed by atoms with Gasteiger partial charge in [0, 0.05) is 30.0 Å². The molecular formula is C19H20ClN3O3. The molecule has 6 nitrogen and oxygen atoms in total. The number of aromatic nitrogens is 1. The first-order valence-corrected chi connectivity index (χ1v) is 9.27. The summed E-state index contributed by atoms with van der Waals surface area (Å²) in [5.41, 5.74) is 0.906. The second-order valence-corrected chi connectivity index (χ2v) is 7.20. The van der Waals surface area contributed by atoms with Gasteiger partial charge < -0.3 is 9.64 Å². The van der Waals surface area contributed by atoms with Gasteiger partial charge in [-0.05, 0) is 49.4 Å². The van der Waals surface area contributed by atoms with Crippen LogP contribution in [0.1, 0.15) is 19.3 Å². The number of carbonyl (C=O) groups excluding carboxylic acids is 2. The van der Waals surface area contributed by atoms with Crippen molar-refractivity contribution in [3.8, 4) is 0 Å². The molecule has 0 unspecified atom stereocenters. The highest BCUT2D eigenvalue weighted by Gasteiger charge is 2.31. The molecule has 0 aliphatic carbocycles. The monoisotopic (exact) mass is 373 g/mol. The number of ether oxygens (including phenoxy) is 1. The van der Waals surface area contributed by atoms with Crippen LogP contribution in [0.3, 0.4) is 0 Å². The van der Waals surface area contributed by atoms with Gasteiger partial charge in [-0.3, -0.25) is 4.79 Å². The van der Waals surface area contributed by atoms with Crippen LogP contribution < -0.4 is 4.90 Å². The third kappa shape index (κ3) is 3.33. The van der Waals surface area contributed by atoms with Gasteiger partial charge in [0.05, 0.1) is 5.52 Å². The molecule has 1 aromatic carbocycles. The first kappa shape index (κ1) is 17.1. The van der Waals surface area contributed by atoms with Gasteiger partial charge in [-0.15, -0.1) is 0 Å². The lowest BCUT2D eigenvalue weighted by Gasteiger charge is -2.33. The molecule has 3 heterocycles. The van der Waals surface area contributed by atoms with E-state index in [1.807, 2.05) is 30.3 Å². The van der Waals surface area contributed by atoms with Gasteiger partial charge in [0.15, 0.2) is 6.61 Å². The van der Waals surface area contributed by atoms with Crippen molar-refractivity contribution in [2.24, 2.45) is 5.92 Å². The van der Waals surface area contributed by atoms with Gasteiger partial charge in [-0.1, -0.05) is 17.7 Å². The number of cyclic esters (lactones) is 1. The number of halogens is 1. The summed E-state index contributed by atoms with van der Waals surface area (Å²) in [6.07, 6.45) is 2.36. The molecule has 2 aliphatic rings. The summed E-state index contributed by atoms with van der Waals surface area (Å²) in [7, 11) is 0. The Morgan fingerprint density at radius 3 is 2.69 bits per heavy atom. The molecule has 0 saturated carbocycles. The smallest absolute Gasteiger partial charge is 0.417 e. The van der Waals surface area contributed by atoms with Gasteiger partial charge in [0.1, 0.15) is 5.82 Å². The molecule has 2 aromatic rings. The summed E-state index contributed by atoms with van der Waals surface area (Å²) >= 11 is 6.21. The van der Waals surface area contributed by atoms with Crippen molar-refractivity contribution in [2.45, 2.75) is 19.3 Å². The second-order valence-electron chi connectivity index (χ2n) is 6.80. The number of imide groups is 1. The summed E-state index contributed by atoms with van der Waals surface area (Å²) in [6, 6.07) is 9.81. The van der Waals surface area contributed by atoms with E-state index >= 15 is 0 Å². The number of fused-ring (bicyclic) bond motifs is 1. The highest BCUT2D eigenvalue weighted by Crippen LogP contribution is 2.28. The molecule has 0 atom stereocenters. The van der Waals surface area contributed by atoms with E-state index in [0.29, 0.717) is 12.5 Å². The Bertz CT molecular complexity index is 833. The van der Waals surface area contributed by atoms with Crippen molar-refractivity contribution in [1.82, 2.24) is 9.88 Å². The average molecular weight is 374 g/mol. The van der Waals surface area contributed by atoms with Crippen LogP contribution in [0.2, 0.25) is 5.02 Å². The third-order valence-corrected chi connectivity index (χ3v) is 5.53. The third-order valence-electron chi connectivity index (χ3n) is 5.20. The number of amides is 2. The van der Waals surface area contributed by atoms with Gasteiger partial charge in [-0.25, -0.2) is 14.7 Å². The fraction of sp³-hybridized carbons (Fsp3) is 0.421. The van der Waals surface area contributed by atoms with E-state index < -0.39 is 6.09 Å². The Kier molecular flexibility index (Phi) is 4.68. The van der Waals surface area contributed by atoms with Crippen molar-refractivity contribution >= 4 is 40.3 Å². The predicted molar refractivity (Wildman–Crippen MR) is 99.4 cm³/mol. The van der Waals surface area contributed by atoms with Gasteiger partial charge >= 0.3 is 6.09 Å². The summed E-state index contributed by atoms with van der Waals surface area (Å²) < 4.78 is 4.75. The van der Waals surface area contributed by atoms with E-state index in [2.05, 4.69) is 4.90 Å². The van der Waals surface area contributed by atoms with Crippen LogP contribution in [0, 0.1) is 5.92 Å². The minimum atomic E-state index is -0.508. The number of pyridine rings is 1. The Labute approximate surface area is 156 Å². The van der Waals surface area contributed by atoms with Crippen LogP contribution in [0.25, 0.3) is 10.9 Å². The largest absolute Gasteiger partial charge is 0.439 e. The van der Waals surface area contributed by atoms with Gasteiger partial charge in [0.2, 0.25) is 0 Å². The van der Waals surface area contributed by atoms with E-state index in [9.17, 15) is 9.59 Å². The molecule has 2 fully saturated rings. The number of hydrogen-bond acceptors (Lipinski definition) is 5. The lowest BCUT2D eigenvalue weighted by molar-refractivity contribution is -0.126.